The van der Waals surface area contributed by atoms with Crippen LogP contribution in [0.5, 0.6) is 0 Å². The van der Waals surface area contributed by atoms with Gasteiger partial charge in [-0.3, -0.25) is 0 Å². The third-order valence-corrected chi connectivity index (χ3v) is 3.52. The Morgan fingerprint density at radius 3 is 2.69 bits per heavy atom. The van der Waals surface area contributed by atoms with E-state index < -0.39 is 0 Å². The van der Waals surface area contributed by atoms with Gasteiger partial charge in [-0.15, -0.1) is 0 Å². The van der Waals surface area contributed by atoms with E-state index in [1.54, 1.807) is 0 Å². The van der Waals surface area contributed by atoms with Crippen LogP contribution in [-0.2, 0) is 0 Å². The molecule has 3 heteroatoms. The van der Waals surface area contributed by atoms with Crippen molar-refractivity contribution in [1.82, 2.24) is 0 Å². The summed E-state index contributed by atoms with van der Waals surface area (Å²) in [6.07, 6.45) is 1.13. The number of halogens is 1. The van der Waals surface area contributed by atoms with E-state index in [1.807, 2.05) is 0 Å². The van der Waals surface area contributed by atoms with Gasteiger partial charge in [-0.25, -0.2) is 0 Å². The minimum atomic E-state index is 0.573. The van der Waals surface area contributed by atoms with Crippen LogP contribution >= 0.6 is 15.9 Å². The lowest BCUT2D eigenvalue weighted by Gasteiger charge is -2.26. The Morgan fingerprint density at radius 2 is 2.12 bits per heavy atom. The second-order valence-corrected chi connectivity index (χ2v) is 5.24. The molecule has 16 heavy (non-hydrogen) atoms. The molecule has 0 spiro atoms. The Labute approximate surface area is 107 Å². The molecule has 1 unspecified atom stereocenters. The van der Waals surface area contributed by atoms with Crippen LogP contribution in [0.3, 0.4) is 0 Å². The van der Waals surface area contributed by atoms with Crippen LogP contribution in [0, 0.1) is 12.8 Å². The fraction of sp³-hybridized carbons (Fsp3) is 0.538. The molecule has 2 N–H and O–H groups in total. The number of aryl methyl sites for hydroxylation is 1. The van der Waals surface area contributed by atoms with E-state index in [0.717, 1.165) is 24.0 Å². The summed E-state index contributed by atoms with van der Waals surface area (Å²) in [4.78, 5) is 2.29. The van der Waals surface area contributed by atoms with Gasteiger partial charge in [0.2, 0.25) is 0 Å². The number of nitrogens with two attached hydrogens (primary N) is 1. The molecule has 0 saturated heterocycles. The van der Waals surface area contributed by atoms with Gasteiger partial charge in [-0.1, -0.05) is 35.3 Å². The maximum Gasteiger partial charge on any atom is 0.0404 e. The average molecular weight is 285 g/mol. The van der Waals surface area contributed by atoms with E-state index in [9.17, 15) is 0 Å². The van der Waals surface area contributed by atoms with Gasteiger partial charge in [-0.05, 0) is 37.1 Å². The molecule has 0 aliphatic heterocycles. The van der Waals surface area contributed by atoms with E-state index >= 15 is 0 Å². The quantitative estimate of drug-likeness (QED) is 0.900. The van der Waals surface area contributed by atoms with E-state index in [2.05, 4.69) is 59.9 Å². The fourth-order valence-electron chi connectivity index (χ4n) is 1.85. The first-order chi connectivity index (χ1) is 7.58. The summed E-state index contributed by atoms with van der Waals surface area (Å²) >= 11 is 3.51. The topological polar surface area (TPSA) is 29.3 Å². The molecule has 1 rings (SSSR count). The third kappa shape index (κ3) is 3.49. The van der Waals surface area contributed by atoms with Gasteiger partial charge in [0.05, 0.1) is 0 Å². The van der Waals surface area contributed by atoms with Gasteiger partial charge in [0, 0.05) is 23.8 Å². The zero-order chi connectivity index (χ0) is 12.1. The van der Waals surface area contributed by atoms with Gasteiger partial charge < -0.3 is 10.6 Å². The number of hydrogen-bond donors (Lipinski definition) is 1. The molecule has 2 nitrogen and oxygen atoms in total. The summed E-state index contributed by atoms with van der Waals surface area (Å²) < 4.78 is 1.13. The van der Waals surface area contributed by atoms with Crippen molar-refractivity contribution < 1.29 is 0 Å². The normalized spacial score (nSPS) is 12.6. The van der Waals surface area contributed by atoms with Crippen LogP contribution in [0.4, 0.5) is 5.69 Å². The largest absolute Gasteiger partial charge is 0.374 e. The van der Waals surface area contributed by atoms with Crippen LogP contribution in [0.2, 0.25) is 0 Å². The maximum atomic E-state index is 5.74. The van der Waals surface area contributed by atoms with Gasteiger partial charge in [0.1, 0.15) is 0 Å². The lowest BCUT2D eigenvalue weighted by Crippen LogP contribution is -2.30. The van der Waals surface area contributed by atoms with Crippen LogP contribution in [0.15, 0.2) is 22.7 Å². The smallest absolute Gasteiger partial charge is 0.0404 e. The number of hydrogen-bond acceptors (Lipinski definition) is 2. The molecule has 0 heterocycles. The Bertz CT molecular complexity index is 335. The van der Waals surface area contributed by atoms with Crippen molar-refractivity contribution >= 4 is 21.6 Å². The van der Waals surface area contributed by atoms with Gasteiger partial charge in [0.15, 0.2) is 0 Å². The van der Waals surface area contributed by atoms with Crippen LogP contribution < -0.4 is 10.6 Å². The van der Waals surface area contributed by atoms with Crippen molar-refractivity contribution in [2.75, 3.05) is 25.0 Å². The first-order valence-electron chi connectivity index (χ1n) is 5.75. The highest BCUT2D eigenvalue weighted by Crippen LogP contribution is 2.24. The first kappa shape index (κ1) is 13.5. The lowest BCUT2D eigenvalue weighted by atomic mass is 10.1. The van der Waals surface area contributed by atoms with Crippen molar-refractivity contribution in [3.05, 3.63) is 28.2 Å². The van der Waals surface area contributed by atoms with Gasteiger partial charge in [-0.2, -0.15) is 0 Å². The van der Waals surface area contributed by atoms with Crippen molar-refractivity contribution in [2.24, 2.45) is 11.7 Å². The van der Waals surface area contributed by atoms with Crippen LogP contribution in [0.25, 0.3) is 0 Å². The zero-order valence-electron chi connectivity index (χ0n) is 10.3. The van der Waals surface area contributed by atoms with Crippen molar-refractivity contribution in [2.45, 2.75) is 20.3 Å². The number of benzene rings is 1. The average Bonchev–Trinajstić information content (AvgIpc) is 2.28. The summed E-state index contributed by atoms with van der Waals surface area (Å²) in [6, 6.07) is 6.38. The third-order valence-electron chi connectivity index (χ3n) is 3.03. The van der Waals surface area contributed by atoms with Crippen molar-refractivity contribution in [3.63, 3.8) is 0 Å². The molecular weight excluding hydrogens is 264 g/mol. The molecule has 1 aromatic rings. The Morgan fingerprint density at radius 1 is 1.44 bits per heavy atom. The second-order valence-electron chi connectivity index (χ2n) is 4.32. The second kappa shape index (κ2) is 6.26. The highest BCUT2D eigenvalue weighted by Gasteiger charge is 2.10. The summed E-state index contributed by atoms with van der Waals surface area (Å²) in [6.45, 7) is 6.11. The highest BCUT2D eigenvalue weighted by molar-refractivity contribution is 9.10. The number of anilines is 1. The van der Waals surface area contributed by atoms with Crippen molar-refractivity contribution in [3.8, 4) is 0 Å². The summed E-state index contributed by atoms with van der Waals surface area (Å²) in [5, 5.41) is 0. The Kier molecular flexibility index (Phi) is 5.29. The molecule has 90 valence electrons. The number of nitrogens with zero attached hydrogens (tertiary/aromatic N) is 1. The molecule has 1 atom stereocenters. The molecule has 0 bridgehead atoms. The molecule has 0 aliphatic rings. The minimum absolute atomic E-state index is 0.573. The Hall–Kier alpha value is -0.540. The monoisotopic (exact) mass is 284 g/mol. The first-order valence-corrected chi connectivity index (χ1v) is 6.55. The fourth-order valence-corrected chi connectivity index (χ4v) is 2.20. The SMILES string of the molecule is CCC(CN)CN(C)c1cc(Br)ccc1C. The van der Waals surface area contributed by atoms with E-state index in [0.29, 0.717) is 5.92 Å². The van der Waals surface area contributed by atoms with E-state index in [4.69, 9.17) is 5.73 Å². The van der Waals surface area contributed by atoms with E-state index in [1.165, 1.54) is 11.3 Å². The molecular formula is C13H21BrN2. The maximum absolute atomic E-state index is 5.74. The molecule has 0 radical (unpaired) electrons. The predicted octanol–water partition coefficient (Wildman–Crippen LogP) is 3.18. The lowest BCUT2D eigenvalue weighted by molar-refractivity contribution is 0.520. The molecule has 0 saturated carbocycles. The molecule has 0 amide bonds. The molecule has 0 aliphatic carbocycles. The molecule has 1 aromatic carbocycles. The highest BCUT2D eigenvalue weighted by atomic mass is 79.9. The standard InChI is InChI=1S/C13H21BrN2/c1-4-11(8-15)9-16(3)13-7-12(14)6-5-10(13)2/h5-7,11H,4,8-9,15H2,1-3H3. The Balaban J connectivity index is 2.79. The van der Waals surface area contributed by atoms with Gasteiger partial charge >= 0.3 is 0 Å². The predicted molar refractivity (Wildman–Crippen MR) is 75.0 cm³/mol. The van der Waals surface area contributed by atoms with Gasteiger partial charge in [0.25, 0.3) is 0 Å². The van der Waals surface area contributed by atoms with Crippen molar-refractivity contribution in [1.29, 1.82) is 0 Å². The summed E-state index contributed by atoms with van der Waals surface area (Å²) in [7, 11) is 2.13. The number of rotatable bonds is 5. The van der Waals surface area contributed by atoms with Crippen LogP contribution in [0.1, 0.15) is 18.9 Å². The summed E-state index contributed by atoms with van der Waals surface area (Å²) in [5.74, 6) is 0.573. The summed E-state index contributed by atoms with van der Waals surface area (Å²) in [5.41, 5.74) is 8.32. The molecule has 0 aromatic heterocycles. The minimum Gasteiger partial charge on any atom is -0.374 e. The molecule has 0 fully saturated rings. The van der Waals surface area contributed by atoms with E-state index in [-0.39, 0.29) is 0 Å². The van der Waals surface area contributed by atoms with Crippen LogP contribution in [-0.4, -0.2) is 20.1 Å². The zero-order valence-corrected chi connectivity index (χ0v) is 11.9.